The monoisotopic (exact) mass is 350 g/mol. The number of allylic oxidation sites excluding steroid dienone is 2. The zero-order chi connectivity index (χ0) is 17.9. The van der Waals surface area contributed by atoms with Crippen LogP contribution in [0.4, 0.5) is 0 Å². The first-order chi connectivity index (χ1) is 12.6. The van der Waals surface area contributed by atoms with Gasteiger partial charge in [-0.2, -0.15) is 0 Å². The Labute approximate surface area is 156 Å². The van der Waals surface area contributed by atoms with Crippen molar-refractivity contribution in [2.24, 2.45) is 28.6 Å². The fraction of sp³-hybridized carbons (Fsp3) is 0.652. The Morgan fingerprint density at radius 3 is 2.85 bits per heavy atom. The van der Waals surface area contributed by atoms with E-state index in [2.05, 4.69) is 41.9 Å². The Kier molecular flexibility index (Phi) is 3.61. The van der Waals surface area contributed by atoms with E-state index in [9.17, 15) is 4.79 Å². The van der Waals surface area contributed by atoms with E-state index in [-0.39, 0.29) is 0 Å². The second-order valence-corrected chi connectivity index (χ2v) is 9.62. The molecule has 0 N–H and O–H groups in total. The summed E-state index contributed by atoms with van der Waals surface area (Å²) in [6, 6.07) is 4.78. The maximum atomic E-state index is 11.5. The molecule has 3 aliphatic carbocycles. The summed E-state index contributed by atoms with van der Waals surface area (Å²) in [5.41, 5.74) is 3.50. The molecule has 5 rings (SSSR count). The van der Waals surface area contributed by atoms with Crippen LogP contribution in [0.15, 0.2) is 30.6 Å². The Morgan fingerprint density at radius 1 is 1.19 bits per heavy atom. The van der Waals surface area contributed by atoms with Crippen LogP contribution in [0.25, 0.3) is 5.57 Å². The number of amides is 1. The summed E-state index contributed by atoms with van der Waals surface area (Å²) in [5, 5.41) is 0. The Bertz CT molecular complexity index is 744. The normalized spacial score (nSPS) is 44.1. The number of carbonyl (C=O) groups is 1. The quantitative estimate of drug-likeness (QED) is 0.733. The van der Waals surface area contributed by atoms with Gasteiger partial charge in [0.15, 0.2) is 0 Å². The third kappa shape index (κ3) is 2.06. The van der Waals surface area contributed by atoms with Crippen LogP contribution in [0, 0.1) is 28.6 Å². The largest absolute Gasteiger partial charge is 0.342 e. The Morgan fingerprint density at radius 2 is 2.08 bits per heavy atom. The number of likely N-dealkylation sites (tertiary alicyclic amines) is 1. The van der Waals surface area contributed by atoms with Crippen LogP contribution in [-0.4, -0.2) is 28.9 Å². The molecular formula is C23H30N2O. The molecule has 3 fully saturated rings. The van der Waals surface area contributed by atoms with Gasteiger partial charge in [0.05, 0.1) is 0 Å². The molecule has 0 bridgehead atoms. The molecule has 1 saturated heterocycles. The zero-order valence-electron chi connectivity index (χ0n) is 16.0. The molecule has 2 heterocycles. The van der Waals surface area contributed by atoms with Gasteiger partial charge in [-0.1, -0.05) is 26.0 Å². The molecule has 0 aromatic carbocycles. The average Bonchev–Trinajstić information content (AvgIpc) is 3.19. The van der Waals surface area contributed by atoms with Crippen LogP contribution in [0.3, 0.4) is 0 Å². The molecule has 1 aromatic rings. The van der Waals surface area contributed by atoms with Crippen LogP contribution in [0.1, 0.15) is 57.9 Å². The van der Waals surface area contributed by atoms with E-state index >= 15 is 0 Å². The molecule has 138 valence electrons. The van der Waals surface area contributed by atoms with Gasteiger partial charge in [0.2, 0.25) is 6.41 Å². The minimum Gasteiger partial charge on any atom is -0.342 e. The van der Waals surface area contributed by atoms with Crippen LogP contribution in [0.2, 0.25) is 0 Å². The minimum absolute atomic E-state index is 0.302. The summed E-state index contributed by atoms with van der Waals surface area (Å²) in [6.45, 7) is 5.97. The lowest BCUT2D eigenvalue weighted by molar-refractivity contribution is -0.123. The third-order valence-electron chi connectivity index (χ3n) is 8.82. The number of carbonyl (C=O) groups excluding carboxylic acids is 1. The maximum absolute atomic E-state index is 11.5. The van der Waals surface area contributed by atoms with Crippen molar-refractivity contribution in [2.45, 2.75) is 58.4 Å². The smallest absolute Gasteiger partial charge is 0.209 e. The number of pyridine rings is 1. The van der Waals surface area contributed by atoms with E-state index in [1.54, 1.807) is 5.57 Å². The van der Waals surface area contributed by atoms with E-state index in [0.717, 1.165) is 30.7 Å². The van der Waals surface area contributed by atoms with Gasteiger partial charge in [-0.05, 0) is 84.3 Å². The van der Waals surface area contributed by atoms with Crippen LogP contribution < -0.4 is 0 Å². The fourth-order valence-corrected chi connectivity index (χ4v) is 7.52. The van der Waals surface area contributed by atoms with Gasteiger partial charge in [0.25, 0.3) is 0 Å². The summed E-state index contributed by atoms with van der Waals surface area (Å²) in [5.74, 6) is 2.36. The molecule has 6 atom stereocenters. The van der Waals surface area contributed by atoms with E-state index in [1.807, 2.05) is 12.4 Å². The van der Waals surface area contributed by atoms with Gasteiger partial charge in [-0.25, -0.2) is 0 Å². The lowest BCUT2D eigenvalue weighted by atomic mass is 9.48. The second kappa shape index (κ2) is 5.68. The van der Waals surface area contributed by atoms with Crippen LogP contribution in [-0.2, 0) is 4.79 Å². The highest BCUT2D eigenvalue weighted by atomic mass is 16.1. The standard InChI is InChI=1S/C23H30N2O/c1-22-10-9-20-17(5-8-21-23(20,2)11-13-25(21)15-26)19(22)7-6-18(22)16-4-3-12-24-14-16/h3-4,6,12,14-15,17,19-21H,5,7-11,13H2,1-2H3. The van der Waals surface area contributed by atoms with Gasteiger partial charge in [0.1, 0.15) is 0 Å². The average molecular weight is 351 g/mol. The number of fused-ring (bicyclic) bond motifs is 5. The van der Waals surface area contributed by atoms with Crippen molar-refractivity contribution in [1.82, 2.24) is 9.88 Å². The van der Waals surface area contributed by atoms with Gasteiger partial charge >= 0.3 is 0 Å². The predicted molar refractivity (Wildman–Crippen MR) is 103 cm³/mol. The molecule has 1 amide bonds. The van der Waals surface area contributed by atoms with Crippen molar-refractivity contribution in [2.75, 3.05) is 6.54 Å². The first-order valence-corrected chi connectivity index (χ1v) is 10.4. The number of hydrogen-bond donors (Lipinski definition) is 0. The van der Waals surface area contributed by atoms with Crippen molar-refractivity contribution in [1.29, 1.82) is 0 Å². The molecule has 4 aliphatic rings. The summed E-state index contributed by atoms with van der Waals surface area (Å²) in [7, 11) is 0. The number of aromatic nitrogens is 1. The summed E-state index contributed by atoms with van der Waals surface area (Å²) >= 11 is 0. The summed E-state index contributed by atoms with van der Waals surface area (Å²) in [6.07, 6.45) is 15.1. The molecule has 2 saturated carbocycles. The molecule has 6 unspecified atom stereocenters. The van der Waals surface area contributed by atoms with Crippen molar-refractivity contribution in [3.63, 3.8) is 0 Å². The highest BCUT2D eigenvalue weighted by Crippen LogP contribution is 2.66. The SMILES string of the molecule is CC12CCC3C(CCC4N(C=O)CCC34C)C1CC=C2c1cccnc1. The molecular weight excluding hydrogens is 320 g/mol. The van der Waals surface area contributed by atoms with Gasteiger partial charge < -0.3 is 4.90 Å². The first kappa shape index (κ1) is 16.5. The summed E-state index contributed by atoms with van der Waals surface area (Å²) < 4.78 is 0. The van der Waals surface area contributed by atoms with Gasteiger partial charge in [-0.15, -0.1) is 0 Å². The van der Waals surface area contributed by atoms with E-state index in [0.29, 0.717) is 16.9 Å². The molecule has 0 radical (unpaired) electrons. The van der Waals surface area contributed by atoms with Crippen molar-refractivity contribution in [3.8, 4) is 0 Å². The molecule has 1 aliphatic heterocycles. The highest BCUT2D eigenvalue weighted by Gasteiger charge is 2.60. The molecule has 3 heteroatoms. The number of nitrogens with zero attached hydrogens (tertiary/aromatic N) is 2. The third-order valence-corrected chi connectivity index (χ3v) is 8.82. The molecule has 0 spiro atoms. The van der Waals surface area contributed by atoms with Gasteiger partial charge in [0, 0.05) is 25.0 Å². The van der Waals surface area contributed by atoms with Crippen molar-refractivity contribution >= 4 is 12.0 Å². The number of hydrogen-bond acceptors (Lipinski definition) is 2. The van der Waals surface area contributed by atoms with Crippen molar-refractivity contribution in [3.05, 3.63) is 36.2 Å². The molecule has 3 nitrogen and oxygen atoms in total. The van der Waals surface area contributed by atoms with Crippen molar-refractivity contribution < 1.29 is 4.79 Å². The lowest BCUT2D eigenvalue weighted by Crippen LogP contribution is -2.53. The van der Waals surface area contributed by atoms with Crippen LogP contribution in [0.5, 0.6) is 0 Å². The van der Waals surface area contributed by atoms with Crippen LogP contribution >= 0.6 is 0 Å². The second-order valence-electron chi connectivity index (χ2n) is 9.62. The summed E-state index contributed by atoms with van der Waals surface area (Å²) in [4.78, 5) is 18.0. The topological polar surface area (TPSA) is 33.2 Å². The molecule has 1 aromatic heterocycles. The predicted octanol–water partition coefficient (Wildman–Crippen LogP) is 4.55. The zero-order valence-corrected chi connectivity index (χ0v) is 16.0. The maximum Gasteiger partial charge on any atom is 0.209 e. The lowest BCUT2D eigenvalue weighted by Gasteiger charge is -2.57. The Balaban J connectivity index is 1.45. The Hall–Kier alpha value is -1.64. The van der Waals surface area contributed by atoms with E-state index in [1.165, 1.54) is 44.1 Å². The first-order valence-electron chi connectivity index (χ1n) is 10.4. The number of rotatable bonds is 2. The fourth-order valence-electron chi connectivity index (χ4n) is 7.52. The highest BCUT2D eigenvalue weighted by molar-refractivity contribution is 5.72. The van der Waals surface area contributed by atoms with Gasteiger partial charge in [-0.3, -0.25) is 9.78 Å². The van der Waals surface area contributed by atoms with E-state index < -0.39 is 0 Å². The van der Waals surface area contributed by atoms with E-state index in [4.69, 9.17) is 0 Å². The molecule has 26 heavy (non-hydrogen) atoms. The minimum atomic E-state index is 0.302.